The van der Waals surface area contributed by atoms with Crippen LogP contribution in [-0.2, 0) is 27.1 Å². The molecule has 4 aromatic carbocycles. The highest BCUT2D eigenvalue weighted by Gasteiger charge is 2.84. The highest BCUT2D eigenvalue weighted by molar-refractivity contribution is 5.97. The van der Waals surface area contributed by atoms with Crippen LogP contribution in [0.5, 0.6) is 0 Å². The zero-order valence-corrected chi connectivity index (χ0v) is 32.4. The number of fused-ring (bicyclic) bond motifs is 10. The summed E-state index contributed by atoms with van der Waals surface area (Å²) in [4.78, 5) is 2.76. The number of hydrogen-bond donors (Lipinski definition) is 0. The molecule has 0 radical (unpaired) electrons. The molecule has 0 saturated heterocycles. The van der Waals surface area contributed by atoms with E-state index in [9.17, 15) is 0 Å². The van der Waals surface area contributed by atoms with Crippen molar-refractivity contribution in [3.63, 3.8) is 0 Å². The molecular formula is C50H57N. The fourth-order valence-corrected chi connectivity index (χ4v) is 14.5. The Kier molecular flexibility index (Phi) is 5.77. The molecular weight excluding hydrogens is 615 g/mol. The SMILES string of the molecule is CC1(C)CCC(C)(C)c2cc(N(c3cccc4c3-c3ccccc3C43C4CC5CC6CC3C64C5)c3cccc4c3C(C)(C)CCC4(C)C)ccc21. The van der Waals surface area contributed by atoms with Gasteiger partial charge in [0, 0.05) is 16.7 Å². The van der Waals surface area contributed by atoms with Crippen molar-refractivity contribution in [1.82, 2.24) is 0 Å². The van der Waals surface area contributed by atoms with Gasteiger partial charge in [-0.3, -0.25) is 0 Å². The molecule has 7 aliphatic carbocycles. The summed E-state index contributed by atoms with van der Waals surface area (Å²) in [6, 6.07) is 32.1. The van der Waals surface area contributed by atoms with E-state index in [1.54, 1.807) is 22.3 Å². The van der Waals surface area contributed by atoms with Crippen LogP contribution in [0.4, 0.5) is 17.1 Å². The van der Waals surface area contributed by atoms with Gasteiger partial charge in [-0.05, 0) is 165 Å². The lowest BCUT2D eigenvalue weighted by Gasteiger charge is -2.76. The lowest BCUT2D eigenvalue weighted by atomic mass is 9.27. The number of hydrogen-bond acceptors (Lipinski definition) is 1. The van der Waals surface area contributed by atoms with E-state index < -0.39 is 0 Å². The Balaban J connectivity index is 1.20. The molecule has 4 saturated carbocycles. The average molecular weight is 672 g/mol. The average Bonchev–Trinajstić information content (AvgIpc) is 3.73. The van der Waals surface area contributed by atoms with E-state index in [2.05, 4.69) is 139 Å². The Morgan fingerprint density at radius 3 is 1.92 bits per heavy atom. The van der Waals surface area contributed by atoms with Gasteiger partial charge in [-0.2, -0.15) is 0 Å². The molecule has 4 fully saturated rings. The largest absolute Gasteiger partial charge is 0.310 e. The van der Waals surface area contributed by atoms with Crippen molar-refractivity contribution in [2.75, 3.05) is 4.90 Å². The molecule has 0 amide bonds. The number of rotatable bonds is 3. The summed E-state index contributed by atoms with van der Waals surface area (Å²) >= 11 is 0. The zero-order chi connectivity index (χ0) is 35.1. The topological polar surface area (TPSA) is 3.24 Å². The maximum Gasteiger partial charge on any atom is 0.0543 e. The van der Waals surface area contributed by atoms with Crippen LogP contribution < -0.4 is 4.90 Å². The van der Waals surface area contributed by atoms with Gasteiger partial charge in [0.2, 0.25) is 0 Å². The molecule has 0 heterocycles. The summed E-state index contributed by atoms with van der Waals surface area (Å²) in [5, 5.41) is 0. The molecule has 2 bridgehead atoms. The predicted octanol–water partition coefficient (Wildman–Crippen LogP) is 13.2. The smallest absolute Gasteiger partial charge is 0.0543 e. The summed E-state index contributed by atoms with van der Waals surface area (Å²) in [7, 11) is 0. The van der Waals surface area contributed by atoms with Gasteiger partial charge in [-0.1, -0.05) is 110 Å². The molecule has 1 nitrogen and oxygen atoms in total. The first-order chi connectivity index (χ1) is 24.2. The Morgan fingerprint density at radius 1 is 0.529 bits per heavy atom. The highest BCUT2D eigenvalue weighted by Crippen LogP contribution is 2.89. The van der Waals surface area contributed by atoms with Gasteiger partial charge in [0.05, 0.1) is 11.4 Å². The van der Waals surface area contributed by atoms with E-state index in [0.717, 1.165) is 23.7 Å². The maximum absolute atomic E-state index is 2.76. The standard InChI is InChI=1S/C50H57N/c1-45(2)21-22-47(5,6)38-28-32(19-20-35(38)45)51(40-18-12-16-37-44(40)48(7,8)24-23-46(37,3)4)39-17-11-15-36-43(39)33-13-9-10-14-34(33)50(36)41-26-30-25-31-27-42(50)49(31,41)29-30/h9-20,28,30-31,41-42H,21-27,29H2,1-8H3. The van der Waals surface area contributed by atoms with E-state index >= 15 is 0 Å². The van der Waals surface area contributed by atoms with Crippen molar-refractivity contribution < 1.29 is 0 Å². The van der Waals surface area contributed by atoms with Crippen LogP contribution in [0.1, 0.15) is 140 Å². The number of benzene rings is 4. The molecule has 7 aliphatic rings. The molecule has 11 rings (SSSR count). The Morgan fingerprint density at radius 2 is 1.16 bits per heavy atom. The van der Waals surface area contributed by atoms with Crippen LogP contribution in [0.2, 0.25) is 0 Å². The second-order valence-electron chi connectivity index (χ2n) is 21.1. The fourth-order valence-electron chi connectivity index (χ4n) is 14.5. The van der Waals surface area contributed by atoms with Crippen LogP contribution in [-0.4, -0.2) is 0 Å². The normalized spacial score (nSPS) is 34.0. The summed E-state index contributed by atoms with van der Waals surface area (Å²) in [5.74, 6) is 3.59. The van der Waals surface area contributed by atoms with E-state index in [1.165, 1.54) is 90.7 Å². The van der Waals surface area contributed by atoms with Crippen molar-refractivity contribution in [1.29, 1.82) is 0 Å². The first-order valence-electron chi connectivity index (χ1n) is 20.5. The van der Waals surface area contributed by atoms with Crippen molar-refractivity contribution in [3.05, 3.63) is 112 Å². The minimum atomic E-state index is 0.0800. The second kappa shape index (κ2) is 9.42. The molecule has 6 unspecified atom stereocenters. The minimum absolute atomic E-state index is 0.0800. The van der Waals surface area contributed by atoms with Crippen LogP contribution in [0.15, 0.2) is 78.9 Å². The molecule has 51 heavy (non-hydrogen) atoms. The lowest BCUT2D eigenvalue weighted by Crippen LogP contribution is -2.73. The van der Waals surface area contributed by atoms with Gasteiger partial charge >= 0.3 is 0 Å². The Labute approximate surface area is 307 Å². The van der Waals surface area contributed by atoms with Gasteiger partial charge in [0.1, 0.15) is 0 Å². The monoisotopic (exact) mass is 671 g/mol. The third kappa shape index (κ3) is 3.56. The number of anilines is 3. The van der Waals surface area contributed by atoms with Crippen molar-refractivity contribution in [2.24, 2.45) is 29.1 Å². The van der Waals surface area contributed by atoms with Crippen molar-refractivity contribution in [3.8, 4) is 11.1 Å². The van der Waals surface area contributed by atoms with Gasteiger partial charge < -0.3 is 4.90 Å². The predicted molar refractivity (Wildman–Crippen MR) is 213 cm³/mol. The van der Waals surface area contributed by atoms with Gasteiger partial charge in [0.25, 0.3) is 0 Å². The molecule has 262 valence electrons. The molecule has 1 heteroatoms. The first kappa shape index (κ1) is 31.2. The van der Waals surface area contributed by atoms with E-state index in [4.69, 9.17) is 0 Å². The third-order valence-electron chi connectivity index (χ3n) is 17.0. The van der Waals surface area contributed by atoms with Gasteiger partial charge in [-0.15, -0.1) is 0 Å². The van der Waals surface area contributed by atoms with Crippen LogP contribution >= 0.6 is 0 Å². The van der Waals surface area contributed by atoms with E-state index in [-0.39, 0.29) is 27.1 Å². The number of nitrogens with zero attached hydrogens (tertiary/aromatic N) is 1. The van der Waals surface area contributed by atoms with Gasteiger partial charge in [0.15, 0.2) is 0 Å². The maximum atomic E-state index is 2.76. The Bertz CT molecular complexity index is 2180. The minimum Gasteiger partial charge on any atom is -0.310 e. The lowest BCUT2D eigenvalue weighted by molar-refractivity contribution is -0.231. The first-order valence-corrected chi connectivity index (χ1v) is 20.5. The second-order valence-corrected chi connectivity index (χ2v) is 21.1. The van der Waals surface area contributed by atoms with E-state index in [0.29, 0.717) is 5.41 Å². The molecule has 4 aromatic rings. The molecule has 0 aliphatic heterocycles. The molecule has 0 aromatic heterocycles. The molecule has 0 N–H and O–H groups in total. The van der Waals surface area contributed by atoms with Crippen LogP contribution in [0, 0.1) is 29.1 Å². The zero-order valence-electron chi connectivity index (χ0n) is 32.4. The van der Waals surface area contributed by atoms with Gasteiger partial charge in [-0.25, -0.2) is 0 Å². The van der Waals surface area contributed by atoms with Crippen molar-refractivity contribution in [2.45, 2.75) is 134 Å². The van der Waals surface area contributed by atoms with Crippen LogP contribution in [0.25, 0.3) is 11.1 Å². The summed E-state index contributed by atoms with van der Waals surface area (Å²) in [5.41, 5.74) is 18.0. The Hall–Kier alpha value is -3.32. The van der Waals surface area contributed by atoms with Crippen LogP contribution in [0.3, 0.4) is 0 Å². The summed E-state index contributed by atoms with van der Waals surface area (Å²) in [6.07, 6.45) is 10.8. The summed E-state index contributed by atoms with van der Waals surface area (Å²) in [6.45, 7) is 19.9. The fraction of sp³-hybridized carbons (Fsp3) is 0.520. The van der Waals surface area contributed by atoms with E-state index in [1.807, 2.05) is 0 Å². The molecule has 6 atom stereocenters. The quantitative estimate of drug-likeness (QED) is 0.209. The molecule has 2 spiro atoms. The summed E-state index contributed by atoms with van der Waals surface area (Å²) < 4.78 is 0. The third-order valence-corrected chi connectivity index (χ3v) is 17.0. The van der Waals surface area contributed by atoms with Crippen molar-refractivity contribution >= 4 is 17.1 Å². The highest BCUT2D eigenvalue weighted by atomic mass is 15.2.